The van der Waals surface area contributed by atoms with E-state index in [0.717, 1.165) is 29.4 Å². The van der Waals surface area contributed by atoms with E-state index in [0.29, 0.717) is 11.3 Å². The van der Waals surface area contributed by atoms with E-state index >= 15 is 0 Å². The van der Waals surface area contributed by atoms with Gasteiger partial charge in [0.2, 0.25) is 0 Å². The molecule has 1 fully saturated rings. The van der Waals surface area contributed by atoms with E-state index < -0.39 is 0 Å². The largest absolute Gasteiger partial charge is 0.370 e. The maximum Gasteiger partial charge on any atom is 0.0642 e. The van der Waals surface area contributed by atoms with Gasteiger partial charge in [-0.05, 0) is 36.0 Å². The fraction of sp³-hybridized carbons (Fsp3) is 0.571. The van der Waals surface area contributed by atoms with Gasteiger partial charge in [-0.2, -0.15) is 0 Å². The van der Waals surface area contributed by atoms with Crippen LogP contribution >= 0.6 is 23.2 Å². The molecule has 1 aromatic rings. The molecule has 3 heteroatoms. The van der Waals surface area contributed by atoms with Crippen molar-refractivity contribution in [3.63, 3.8) is 0 Å². The number of alkyl halides is 1. The number of rotatable bonds is 2. The van der Waals surface area contributed by atoms with E-state index in [4.69, 9.17) is 23.2 Å². The summed E-state index contributed by atoms with van der Waals surface area (Å²) in [5.74, 6) is 0.519. The van der Waals surface area contributed by atoms with Gasteiger partial charge >= 0.3 is 0 Å². The smallest absolute Gasteiger partial charge is 0.0642 e. The van der Waals surface area contributed by atoms with Gasteiger partial charge in [0.05, 0.1) is 10.7 Å². The summed E-state index contributed by atoms with van der Waals surface area (Å²) in [6.45, 7) is 6.82. The Morgan fingerprint density at radius 1 is 1.35 bits per heavy atom. The second-order valence-electron chi connectivity index (χ2n) is 5.61. The molecule has 0 saturated carbocycles. The van der Waals surface area contributed by atoms with E-state index in [1.165, 1.54) is 12.8 Å². The lowest BCUT2D eigenvalue weighted by molar-refractivity contribution is 0.293. The first-order valence-electron chi connectivity index (χ1n) is 6.11. The molecule has 0 bridgehead atoms. The van der Waals surface area contributed by atoms with Crippen LogP contribution in [0.5, 0.6) is 0 Å². The highest BCUT2D eigenvalue weighted by molar-refractivity contribution is 6.33. The molecule has 0 N–H and O–H groups in total. The van der Waals surface area contributed by atoms with E-state index in [9.17, 15) is 0 Å². The van der Waals surface area contributed by atoms with Crippen LogP contribution in [0, 0.1) is 5.41 Å². The summed E-state index contributed by atoms with van der Waals surface area (Å²) in [5.41, 5.74) is 2.61. The average molecular weight is 272 g/mol. The number of hydrogen-bond acceptors (Lipinski definition) is 1. The van der Waals surface area contributed by atoms with Crippen molar-refractivity contribution in [3.8, 4) is 0 Å². The molecule has 1 heterocycles. The standard InChI is InChI=1S/C14H19Cl2N/c1-14(2)6-3-7-17(10-14)13-5-4-11(9-15)8-12(13)16/h4-5,8H,3,6-7,9-10H2,1-2H3. The third-order valence-electron chi connectivity index (χ3n) is 3.41. The number of anilines is 1. The minimum absolute atomic E-state index is 0.382. The third kappa shape index (κ3) is 3.08. The number of piperidine rings is 1. The molecule has 1 aliphatic heterocycles. The summed E-state index contributed by atoms with van der Waals surface area (Å²) in [7, 11) is 0. The number of benzene rings is 1. The first-order valence-corrected chi connectivity index (χ1v) is 7.02. The summed E-state index contributed by atoms with van der Waals surface area (Å²) >= 11 is 12.1. The zero-order chi connectivity index (χ0) is 12.5. The molecule has 0 aromatic heterocycles. The summed E-state index contributed by atoms with van der Waals surface area (Å²) in [4.78, 5) is 2.39. The Hall–Kier alpha value is -0.400. The molecule has 0 atom stereocenters. The Labute approximate surface area is 114 Å². The summed E-state index contributed by atoms with van der Waals surface area (Å²) in [6, 6.07) is 6.14. The van der Waals surface area contributed by atoms with Gasteiger partial charge in [0, 0.05) is 19.0 Å². The van der Waals surface area contributed by atoms with Gasteiger partial charge in [0.1, 0.15) is 0 Å². The van der Waals surface area contributed by atoms with Gasteiger partial charge < -0.3 is 4.90 Å². The third-order valence-corrected chi connectivity index (χ3v) is 4.02. The number of nitrogens with zero attached hydrogens (tertiary/aromatic N) is 1. The fourth-order valence-electron chi connectivity index (χ4n) is 2.52. The lowest BCUT2D eigenvalue weighted by atomic mass is 9.84. The van der Waals surface area contributed by atoms with Crippen LogP contribution in [0.4, 0.5) is 5.69 Å². The summed E-state index contributed by atoms with van der Waals surface area (Å²) < 4.78 is 0. The molecule has 0 radical (unpaired) electrons. The zero-order valence-electron chi connectivity index (χ0n) is 10.5. The quantitative estimate of drug-likeness (QED) is 0.705. The van der Waals surface area contributed by atoms with Crippen LogP contribution in [0.3, 0.4) is 0 Å². The fourth-order valence-corrected chi connectivity index (χ4v) is 3.01. The molecule has 0 aliphatic carbocycles. The molecule has 1 aromatic carbocycles. The second-order valence-corrected chi connectivity index (χ2v) is 6.28. The Bertz CT molecular complexity index is 401. The molecule has 94 valence electrons. The molecule has 0 amide bonds. The molecule has 1 nitrogen and oxygen atoms in total. The van der Waals surface area contributed by atoms with E-state index in [1.807, 2.05) is 6.07 Å². The molecular weight excluding hydrogens is 253 g/mol. The predicted molar refractivity (Wildman–Crippen MR) is 76.2 cm³/mol. The van der Waals surface area contributed by atoms with E-state index in [2.05, 4.69) is 30.9 Å². The molecular formula is C14H19Cl2N. The highest BCUT2D eigenvalue weighted by Gasteiger charge is 2.27. The maximum absolute atomic E-state index is 6.33. The summed E-state index contributed by atoms with van der Waals surface area (Å²) in [6.07, 6.45) is 2.53. The lowest BCUT2D eigenvalue weighted by Gasteiger charge is -2.39. The minimum atomic E-state index is 0.382. The van der Waals surface area contributed by atoms with E-state index in [-0.39, 0.29) is 0 Å². The molecule has 0 spiro atoms. The van der Waals surface area contributed by atoms with Crippen molar-refractivity contribution < 1.29 is 0 Å². The van der Waals surface area contributed by atoms with Crippen LogP contribution in [0.15, 0.2) is 18.2 Å². The highest BCUT2D eigenvalue weighted by Crippen LogP contribution is 2.35. The van der Waals surface area contributed by atoms with Gasteiger partial charge in [-0.3, -0.25) is 0 Å². The van der Waals surface area contributed by atoms with Crippen LogP contribution in [-0.2, 0) is 5.88 Å². The van der Waals surface area contributed by atoms with Gasteiger partial charge in [0.15, 0.2) is 0 Å². The van der Waals surface area contributed by atoms with Crippen molar-refractivity contribution >= 4 is 28.9 Å². The van der Waals surface area contributed by atoms with Crippen molar-refractivity contribution in [1.82, 2.24) is 0 Å². The Balaban J connectivity index is 2.22. The Morgan fingerprint density at radius 3 is 2.71 bits per heavy atom. The van der Waals surface area contributed by atoms with Crippen molar-refractivity contribution in [2.24, 2.45) is 5.41 Å². The van der Waals surface area contributed by atoms with Crippen molar-refractivity contribution in [3.05, 3.63) is 28.8 Å². The average Bonchev–Trinajstić information content (AvgIpc) is 2.27. The van der Waals surface area contributed by atoms with Crippen LogP contribution in [0.1, 0.15) is 32.3 Å². The SMILES string of the molecule is CC1(C)CCCN(c2ccc(CCl)cc2Cl)C1. The van der Waals surface area contributed by atoms with E-state index in [1.54, 1.807) is 0 Å². The first kappa shape index (κ1) is 13.0. The minimum Gasteiger partial charge on any atom is -0.370 e. The second kappa shape index (κ2) is 5.07. The van der Waals surface area contributed by atoms with Crippen molar-refractivity contribution in [2.75, 3.05) is 18.0 Å². The molecule has 1 aliphatic rings. The normalized spacial score (nSPS) is 19.4. The van der Waals surface area contributed by atoms with Gasteiger partial charge in [0.25, 0.3) is 0 Å². The lowest BCUT2D eigenvalue weighted by Crippen LogP contribution is -2.40. The molecule has 0 unspecified atom stereocenters. The molecule has 1 saturated heterocycles. The van der Waals surface area contributed by atoms with Crippen molar-refractivity contribution in [1.29, 1.82) is 0 Å². The molecule has 17 heavy (non-hydrogen) atoms. The number of halogens is 2. The number of hydrogen-bond donors (Lipinski definition) is 0. The predicted octanol–water partition coefficient (Wildman–Crippen LogP) is 4.71. The zero-order valence-corrected chi connectivity index (χ0v) is 12.0. The Morgan fingerprint density at radius 2 is 2.12 bits per heavy atom. The topological polar surface area (TPSA) is 3.24 Å². The van der Waals surface area contributed by atoms with Crippen LogP contribution < -0.4 is 4.90 Å². The first-order chi connectivity index (χ1) is 8.02. The Kier molecular flexibility index (Phi) is 3.89. The highest BCUT2D eigenvalue weighted by atomic mass is 35.5. The van der Waals surface area contributed by atoms with Crippen LogP contribution in [0.2, 0.25) is 5.02 Å². The summed E-state index contributed by atoms with van der Waals surface area (Å²) in [5, 5.41) is 0.820. The van der Waals surface area contributed by atoms with Crippen LogP contribution in [0.25, 0.3) is 0 Å². The van der Waals surface area contributed by atoms with Gasteiger partial charge in [-0.25, -0.2) is 0 Å². The maximum atomic E-state index is 6.33. The molecule has 2 rings (SSSR count). The van der Waals surface area contributed by atoms with Gasteiger partial charge in [-0.1, -0.05) is 31.5 Å². The van der Waals surface area contributed by atoms with Crippen molar-refractivity contribution in [2.45, 2.75) is 32.6 Å². The monoisotopic (exact) mass is 271 g/mol. The van der Waals surface area contributed by atoms with Gasteiger partial charge in [-0.15, -0.1) is 11.6 Å². The van der Waals surface area contributed by atoms with Crippen LogP contribution in [-0.4, -0.2) is 13.1 Å².